The molecule has 22 nitrogen and oxygen atoms in total. The van der Waals surface area contributed by atoms with Gasteiger partial charge in [-0.3, -0.25) is 48.2 Å². The number of esters is 1. The molecule has 0 spiro atoms. The zero-order chi connectivity index (χ0) is 65.3. The number of methoxy groups -OCH3 is 1. The Labute approximate surface area is 503 Å². The maximum absolute atomic E-state index is 11.3. The lowest BCUT2D eigenvalue weighted by Crippen LogP contribution is -2.33. The Morgan fingerprint density at radius 1 is 0.583 bits per heavy atom. The number of likely N-dealkylation sites (N-methyl/N-ethyl adjacent to an activating group) is 3. The first-order valence-electron chi connectivity index (χ1n) is 28.3. The Hall–Kier alpha value is -8.04. The van der Waals surface area contributed by atoms with Crippen LogP contribution in [-0.2, 0) is 52.6 Å². The maximum Gasteiger partial charge on any atom is 0.413 e. The maximum atomic E-state index is 11.3. The molecule has 0 aliphatic carbocycles. The van der Waals surface area contributed by atoms with Gasteiger partial charge in [-0.25, -0.2) is 9.59 Å². The Bertz CT molecular complexity index is 2090. The molecule has 3 atom stereocenters. The highest BCUT2D eigenvalue weighted by molar-refractivity contribution is 5.90. The van der Waals surface area contributed by atoms with Crippen molar-refractivity contribution in [2.45, 2.75) is 112 Å². The van der Waals surface area contributed by atoms with Crippen molar-refractivity contribution in [2.24, 2.45) is 11.8 Å². The first-order chi connectivity index (χ1) is 39.7. The number of likely N-dealkylation sites (tertiary alicyclic amines) is 3. The molecule has 3 unspecified atom stereocenters. The van der Waals surface area contributed by atoms with E-state index in [1.54, 1.807) is 52.3 Å². The van der Waals surface area contributed by atoms with E-state index in [9.17, 15) is 47.9 Å². The summed E-state index contributed by atoms with van der Waals surface area (Å²) < 4.78 is 13.6. The number of carbonyl (C=O) groups is 10. The number of hydrogen-bond donors (Lipinski definition) is 0. The molecule has 5 aliphatic heterocycles. The molecule has 0 aromatic carbocycles. The molecule has 84 heavy (non-hydrogen) atoms. The monoisotopic (exact) mass is 1180 g/mol. The van der Waals surface area contributed by atoms with Gasteiger partial charge in [0.15, 0.2) is 0 Å². The van der Waals surface area contributed by atoms with Crippen LogP contribution in [0.4, 0.5) is 9.59 Å². The van der Waals surface area contributed by atoms with Crippen LogP contribution in [-0.4, -0.2) is 210 Å². The Morgan fingerprint density at radius 2 is 1.06 bits per heavy atom. The predicted molar refractivity (Wildman–Crippen MR) is 332 cm³/mol. The first kappa shape index (κ1) is 82.4. The van der Waals surface area contributed by atoms with Gasteiger partial charge in [0, 0.05) is 104 Å². The molecular weight excluding hydrogens is 1080 g/mol. The Balaban J connectivity index is -0.000000430. The van der Waals surface area contributed by atoms with Crippen LogP contribution < -0.4 is 0 Å². The van der Waals surface area contributed by atoms with E-state index >= 15 is 0 Å². The molecule has 0 N–H and O–H groups in total. The molecule has 5 aliphatic rings. The molecule has 0 bridgehead atoms. The summed E-state index contributed by atoms with van der Waals surface area (Å²) in [4.78, 5) is 122. The van der Waals surface area contributed by atoms with E-state index in [0.717, 1.165) is 96.8 Å². The molecule has 0 saturated carbocycles. The van der Waals surface area contributed by atoms with Crippen LogP contribution in [0.2, 0.25) is 0 Å². The third kappa shape index (κ3) is 37.1. The minimum Gasteiger partial charge on any atom is -0.468 e. The van der Waals surface area contributed by atoms with Crippen LogP contribution in [0.1, 0.15) is 106 Å². The number of cyclic esters (lactones) is 2. The standard InChI is InChI=1S/C11H21NO.C7H11NO3.3C7H11NO.C7H13NO.C6H9NO2.C5H7NO2.C5H9NO/c1-4-7-9-12(10-8-5-2)11(13)6-3;1-4-6(9)8(2)5-7(10)11-3;1-3-8-5-6(2)4-7(8)9;1-3-8-5-4-6(2)7(8)9;1-3-8-6(2)4-5-7(8)9;1-4-7(9)8(5-2)6-3;1-2-7-4-3-5-9-6(7)8;1-2-6-3-4-8-5(6)7;1-4-5(7)6(2)3/h6H,3-5,7-10H2,1-2H3;4H,1,5H2,2-3H3;3*3,6H,1,4-5H2,2H3;4H,1,5-6H2,2-3H3;2H,1,3-5H2;2H,1,3-4H2;4H,1H2,2-3H3. The molecule has 22 heteroatoms. The van der Waals surface area contributed by atoms with Crippen molar-refractivity contribution in [2.75, 3.05) is 100 Å². The van der Waals surface area contributed by atoms with Gasteiger partial charge in [-0.1, -0.05) is 99.7 Å². The molecule has 0 aromatic heterocycles. The van der Waals surface area contributed by atoms with E-state index in [1.165, 1.54) is 64.4 Å². The third-order valence-electron chi connectivity index (χ3n) is 12.3. The van der Waals surface area contributed by atoms with E-state index in [1.807, 2.05) is 32.6 Å². The highest BCUT2D eigenvalue weighted by Crippen LogP contribution is 2.18. The normalized spacial score (nSPS) is 16.7. The number of ether oxygens (including phenoxy) is 3. The summed E-state index contributed by atoms with van der Waals surface area (Å²) in [5.74, 6) is 0.638. The Kier molecular flexibility index (Phi) is 49.7. The fourth-order valence-electron chi connectivity index (χ4n) is 7.06. The van der Waals surface area contributed by atoms with Gasteiger partial charge in [0.1, 0.15) is 13.2 Å². The number of nitrogens with zero attached hydrogens (tertiary/aromatic N) is 9. The molecule has 5 fully saturated rings. The second-order valence-electron chi connectivity index (χ2n) is 19.0. The van der Waals surface area contributed by atoms with Gasteiger partial charge in [-0.05, 0) is 102 Å². The minimum atomic E-state index is -0.442. The number of hydrogen-bond acceptors (Lipinski definition) is 13. The average molecular weight is 1180 g/mol. The fourth-order valence-corrected chi connectivity index (χ4v) is 7.06. The van der Waals surface area contributed by atoms with Gasteiger partial charge >= 0.3 is 18.2 Å². The van der Waals surface area contributed by atoms with E-state index in [2.05, 4.69) is 89.5 Å². The van der Waals surface area contributed by atoms with E-state index in [-0.39, 0.29) is 66.0 Å². The molecule has 5 rings (SSSR count). The van der Waals surface area contributed by atoms with Gasteiger partial charge in [0.05, 0.1) is 20.3 Å². The quantitative estimate of drug-likeness (QED) is 0.0673. The van der Waals surface area contributed by atoms with Crippen molar-refractivity contribution in [1.29, 1.82) is 0 Å². The molecule has 474 valence electrons. The Morgan fingerprint density at radius 3 is 1.31 bits per heavy atom. The van der Waals surface area contributed by atoms with Gasteiger partial charge in [-0.15, -0.1) is 0 Å². The first-order valence-corrected chi connectivity index (χ1v) is 28.3. The molecule has 0 aromatic rings. The van der Waals surface area contributed by atoms with Crippen molar-refractivity contribution in [1.82, 2.24) is 44.1 Å². The zero-order valence-electron chi connectivity index (χ0n) is 52.8. The summed E-state index contributed by atoms with van der Waals surface area (Å²) in [7, 11) is 6.14. The minimum absolute atomic E-state index is 0.0139. The predicted octanol–water partition coefficient (Wildman–Crippen LogP) is 8.40. The second kappa shape index (κ2) is 50.7. The van der Waals surface area contributed by atoms with Crippen LogP contribution in [0.25, 0.3) is 0 Å². The average Bonchev–Trinajstić information content (AvgIpc) is 4.35. The summed E-state index contributed by atoms with van der Waals surface area (Å²) in [6.07, 6.45) is 21.0. The van der Waals surface area contributed by atoms with Crippen molar-refractivity contribution >= 4 is 59.5 Å². The van der Waals surface area contributed by atoms with E-state index < -0.39 is 5.97 Å². The van der Waals surface area contributed by atoms with Crippen molar-refractivity contribution in [3.8, 4) is 0 Å². The lowest BCUT2D eigenvalue weighted by Gasteiger charge is -2.21. The summed E-state index contributed by atoms with van der Waals surface area (Å²) in [5.41, 5.74) is 0. The van der Waals surface area contributed by atoms with Crippen molar-refractivity contribution < 1.29 is 62.2 Å². The molecule has 0 radical (unpaired) electrons. The van der Waals surface area contributed by atoms with Gasteiger partial charge in [0.2, 0.25) is 41.4 Å². The molecule has 5 saturated heterocycles. The number of amides is 9. The van der Waals surface area contributed by atoms with Crippen LogP contribution in [0.15, 0.2) is 115 Å². The van der Waals surface area contributed by atoms with Crippen molar-refractivity contribution in [3.05, 3.63) is 115 Å². The SMILES string of the molecule is C=CC(=O)N(C)C.C=CC(=O)N(C)CC(=O)OC.C=CC(=O)N(CC)CC.C=CC(=O)N(CCCC)CCCC.C=CN1C(=O)CCC1C.C=CN1CC(C)CC1=O.C=CN1CCC(C)C1=O.C=CN1CCCOC1=O.C=CN1CCOC1=O. The smallest absolute Gasteiger partial charge is 0.413 e. The fraction of sp³-hybridized carbons (Fsp3) is 0.548. The lowest BCUT2D eigenvalue weighted by molar-refractivity contribution is -0.144. The summed E-state index contributed by atoms with van der Waals surface area (Å²) in [6.45, 7) is 52.5. The summed E-state index contributed by atoms with van der Waals surface area (Å²) in [5, 5.41) is 0. The topological polar surface area (TPSA) is 228 Å². The molecule has 9 amide bonds. The lowest BCUT2D eigenvalue weighted by atomic mass is 10.1. The van der Waals surface area contributed by atoms with Crippen LogP contribution in [0.5, 0.6) is 0 Å². The highest BCUT2D eigenvalue weighted by Gasteiger charge is 2.26. The van der Waals surface area contributed by atoms with Crippen LogP contribution >= 0.6 is 0 Å². The zero-order valence-corrected chi connectivity index (χ0v) is 52.8. The largest absolute Gasteiger partial charge is 0.468 e. The van der Waals surface area contributed by atoms with Gasteiger partial charge in [-0.2, -0.15) is 0 Å². The second-order valence-corrected chi connectivity index (χ2v) is 19.0. The molecular formula is C62H103N9O13. The van der Waals surface area contributed by atoms with Gasteiger partial charge in [0.25, 0.3) is 0 Å². The number of rotatable bonds is 19. The number of carbonyl (C=O) groups excluding carboxylic acids is 10. The number of unbranched alkanes of at least 4 members (excludes halogenated alkanes) is 2. The third-order valence-corrected chi connectivity index (χ3v) is 12.3. The van der Waals surface area contributed by atoms with E-state index in [4.69, 9.17) is 4.74 Å². The highest BCUT2D eigenvalue weighted by atomic mass is 16.6. The van der Waals surface area contributed by atoms with E-state index in [0.29, 0.717) is 44.6 Å². The van der Waals surface area contributed by atoms with Crippen molar-refractivity contribution in [3.63, 3.8) is 0 Å². The summed E-state index contributed by atoms with van der Waals surface area (Å²) in [6, 6.07) is 0.370. The van der Waals surface area contributed by atoms with Crippen LogP contribution in [0.3, 0.4) is 0 Å². The van der Waals surface area contributed by atoms with Gasteiger partial charge < -0.3 is 48.5 Å². The summed E-state index contributed by atoms with van der Waals surface area (Å²) >= 11 is 0. The van der Waals surface area contributed by atoms with Crippen LogP contribution in [0, 0.1) is 11.8 Å². The molecule has 5 heterocycles.